The van der Waals surface area contributed by atoms with E-state index in [0.29, 0.717) is 0 Å². The van der Waals surface area contributed by atoms with Crippen LogP contribution in [-0.4, -0.2) is 20.8 Å². The van der Waals surface area contributed by atoms with Crippen LogP contribution in [0.3, 0.4) is 0 Å². The number of nitriles is 1. The molecule has 0 N–H and O–H groups in total. The van der Waals surface area contributed by atoms with Crippen LogP contribution in [0.1, 0.15) is 26.8 Å². The van der Waals surface area contributed by atoms with Gasteiger partial charge in [-0.1, -0.05) is 0 Å². The summed E-state index contributed by atoms with van der Waals surface area (Å²) < 4.78 is 6.42. The topological polar surface area (TPSA) is 94.0 Å². The van der Waals surface area contributed by atoms with Gasteiger partial charge in [0.25, 0.3) is 0 Å². The van der Waals surface area contributed by atoms with Gasteiger partial charge in [-0.2, -0.15) is 5.26 Å². The number of hydrogen-bond acceptors (Lipinski definition) is 5. The minimum atomic E-state index is -0.578. The summed E-state index contributed by atoms with van der Waals surface area (Å²) in [6.45, 7) is 5.09. The fourth-order valence-electron chi connectivity index (χ4n) is 1.06. The summed E-state index contributed by atoms with van der Waals surface area (Å²) in [6.07, 6.45) is 0.991. The first-order valence-electron chi connectivity index (χ1n) is 4.75. The van der Waals surface area contributed by atoms with E-state index in [-0.39, 0.29) is 17.7 Å². The van der Waals surface area contributed by atoms with Crippen molar-refractivity contribution in [2.75, 3.05) is 0 Å². The standard InChI is InChI=1S/C9H12N4O3/c1-6(2)16-9-8(13(14)15)5-12(11-9)7(3)4-10/h5-7H,1-3H3/t7-/m0/s1. The summed E-state index contributed by atoms with van der Waals surface area (Å²) in [5, 5.41) is 23.3. The first kappa shape index (κ1) is 12.0. The molecule has 1 rings (SSSR count). The van der Waals surface area contributed by atoms with Crippen LogP contribution in [0.15, 0.2) is 6.20 Å². The molecule has 0 bridgehead atoms. The molecule has 0 aliphatic carbocycles. The van der Waals surface area contributed by atoms with Crippen molar-refractivity contribution in [2.45, 2.75) is 32.9 Å². The first-order valence-corrected chi connectivity index (χ1v) is 4.75. The average Bonchev–Trinajstić information content (AvgIpc) is 2.59. The number of nitro groups is 1. The van der Waals surface area contributed by atoms with Crippen molar-refractivity contribution in [3.05, 3.63) is 16.3 Å². The van der Waals surface area contributed by atoms with E-state index in [0.717, 1.165) is 0 Å². The van der Waals surface area contributed by atoms with Crippen molar-refractivity contribution in [2.24, 2.45) is 0 Å². The molecule has 1 aromatic heterocycles. The largest absolute Gasteiger partial charge is 0.469 e. The highest BCUT2D eigenvalue weighted by atomic mass is 16.6. The number of rotatable bonds is 4. The van der Waals surface area contributed by atoms with Crippen LogP contribution < -0.4 is 4.74 Å². The van der Waals surface area contributed by atoms with Crippen LogP contribution >= 0.6 is 0 Å². The highest BCUT2D eigenvalue weighted by Gasteiger charge is 2.23. The quantitative estimate of drug-likeness (QED) is 0.572. The molecule has 0 aromatic carbocycles. The molecule has 0 fully saturated rings. The highest BCUT2D eigenvalue weighted by Crippen LogP contribution is 2.27. The van der Waals surface area contributed by atoms with Crippen LogP contribution in [0, 0.1) is 21.4 Å². The average molecular weight is 224 g/mol. The van der Waals surface area contributed by atoms with Crippen molar-refractivity contribution in [3.63, 3.8) is 0 Å². The Bertz CT molecular complexity index is 432. The maximum Gasteiger partial charge on any atom is 0.350 e. The maximum absolute atomic E-state index is 10.7. The summed E-state index contributed by atoms with van der Waals surface area (Å²) >= 11 is 0. The van der Waals surface area contributed by atoms with E-state index in [1.165, 1.54) is 10.9 Å². The predicted molar refractivity (Wildman–Crippen MR) is 55.0 cm³/mol. The SMILES string of the molecule is CC(C)Oc1nn([C@@H](C)C#N)cc1[N+](=O)[O-]. The second-order valence-electron chi connectivity index (χ2n) is 3.53. The summed E-state index contributed by atoms with van der Waals surface area (Å²) in [5.41, 5.74) is -0.226. The molecule has 0 unspecified atom stereocenters. The second kappa shape index (κ2) is 4.61. The van der Waals surface area contributed by atoms with Gasteiger partial charge in [-0.25, -0.2) is 4.68 Å². The molecule has 1 atom stereocenters. The Morgan fingerprint density at radius 1 is 1.62 bits per heavy atom. The highest BCUT2D eigenvalue weighted by molar-refractivity contribution is 5.38. The molecule has 0 aliphatic rings. The van der Waals surface area contributed by atoms with E-state index in [9.17, 15) is 10.1 Å². The molecule has 86 valence electrons. The molecule has 0 saturated carbocycles. The van der Waals surface area contributed by atoms with Gasteiger partial charge in [-0.05, 0) is 20.8 Å². The zero-order chi connectivity index (χ0) is 12.3. The van der Waals surface area contributed by atoms with Gasteiger partial charge in [-0.15, -0.1) is 5.10 Å². The summed E-state index contributed by atoms with van der Waals surface area (Å²) in [6, 6.07) is 1.37. The molecule has 0 spiro atoms. The smallest absolute Gasteiger partial charge is 0.350 e. The minimum absolute atomic E-state index is 0.0536. The lowest BCUT2D eigenvalue weighted by molar-refractivity contribution is -0.386. The Labute approximate surface area is 92.4 Å². The molecule has 0 radical (unpaired) electrons. The zero-order valence-corrected chi connectivity index (χ0v) is 9.25. The number of aromatic nitrogens is 2. The van der Waals surface area contributed by atoms with E-state index in [1.54, 1.807) is 20.8 Å². The van der Waals surface area contributed by atoms with E-state index < -0.39 is 11.0 Å². The summed E-state index contributed by atoms with van der Waals surface area (Å²) in [5.74, 6) is -0.0536. The molecule has 7 heteroatoms. The normalized spacial score (nSPS) is 12.2. The van der Waals surface area contributed by atoms with Gasteiger partial charge < -0.3 is 4.74 Å². The van der Waals surface area contributed by atoms with Crippen molar-refractivity contribution in [3.8, 4) is 11.9 Å². The Hall–Kier alpha value is -2.10. The molecular formula is C9H12N4O3. The number of ether oxygens (including phenoxy) is 1. The van der Waals surface area contributed by atoms with Crippen molar-refractivity contribution in [1.29, 1.82) is 5.26 Å². The van der Waals surface area contributed by atoms with Gasteiger partial charge in [0, 0.05) is 0 Å². The monoisotopic (exact) mass is 224 g/mol. The molecule has 0 saturated heterocycles. The summed E-state index contributed by atoms with van der Waals surface area (Å²) in [4.78, 5) is 10.1. The molecule has 16 heavy (non-hydrogen) atoms. The zero-order valence-electron chi connectivity index (χ0n) is 9.25. The van der Waals surface area contributed by atoms with Crippen molar-refractivity contribution >= 4 is 5.69 Å². The van der Waals surface area contributed by atoms with E-state index in [1.807, 2.05) is 6.07 Å². The van der Waals surface area contributed by atoms with Gasteiger partial charge >= 0.3 is 11.6 Å². The van der Waals surface area contributed by atoms with Gasteiger partial charge in [0.2, 0.25) is 0 Å². The Morgan fingerprint density at radius 3 is 2.69 bits per heavy atom. The van der Waals surface area contributed by atoms with Gasteiger partial charge in [0.05, 0.1) is 17.1 Å². The molecule has 1 heterocycles. The van der Waals surface area contributed by atoms with Gasteiger partial charge in [-0.3, -0.25) is 10.1 Å². The summed E-state index contributed by atoms with van der Waals surface area (Å²) in [7, 11) is 0. The van der Waals surface area contributed by atoms with Crippen LogP contribution in [-0.2, 0) is 0 Å². The third kappa shape index (κ3) is 2.48. The molecule has 0 aliphatic heterocycles. The minimum Gasteiger partial charge on any atom is -0.469 e. The van der Waals surface area contributed by atoms with Crippen LogP contribution in [0.25, 0.3) is 0 Å². The third-order valence-electron chi connectivity index (χ3n) is 1.81. The fraction of sp³-hybridized carbons (Fsp3) is 0.556. The van der Waals surface area contributed by atoms with Crippen LogP contribution in [0.5, 0.6) is 5.88 Å². The lowest BCUT2D eigenvalue weighted by Gasteiger charge is -2.05. The Balaban J connectivity index is 3.11. The Morgan fingerprint density at radius 2 is 2.25 bits per heavy atom. The molecule has 1 aromatic rings. The van der Waals surface area contributed by atoms with Crippen LogP contribution in [0.2, 0.25) is 0 Å². The van der Waals surface area contributed by atoms with E-state index >= 15 is 0 Å². The van der Waals surface area contributed by atoms with E-state index in [4.69, 9.17) is 10.00 Å². The van der Waals surface area contributed by atoms with E-state index in [2.05, 4.69) is 5.10 Å². The predicted octanol–water partition coefficient (Wildman–Crippen LogP) is 1.66. The number of hydrogen-bond donors (Lipinski definition) is 0. The fourth-order valence-corrected chi connectivity index (χ4v) is 1.06. The van der Waals surface area contributed by atoms with Crippen LogP contribution in [0.4, 0.5) is 5.69 Å². The van der Waals surface area contributed by atoms with Crippen molar-refractivity contribution in [1.82, 2.24) is 9.78 Å². The maximum atomic E-state index is 10.7. The second-order valence-corrected chi connectivity index (χ2v) is 3.53. The Kier molecular flexibility index (Phi) is 3.45. The number of nitrogens with zero attached hydrogens (tertiary/aromatic N) is 4. The molecular weight excluding hydrogens is 212 g/mol. The molecule has 7 nitrogen and oxygen atoms in total. The lowest BCUT2D eigenvalue weighted by atomic mass is 10.4. The molecule has 0 amide bonds. The van der Waals surface area contributed by atoms with Gasteiger partial charge in [0.15, 0.2) is 0 Å². The third-order valence-corrected chi connectivity index (χ3v) is 1.81. The first-order chi connectivity index (χ1) is 7.45. The van der Waals surface area contributed by atoms with Crippen molar-refractivity contribution < 1.29 is 9.66 Å². The lowest BCUT2D eigenvalue weighted by Crippen LogP contribution is -2.08. The van der Waals surface area contributed by atoms with Gasteiger partial charge in [0.1, 0.15) is 12.2 Å².